The van der Waals surface area contributed by atoms with Crippen LogP contribution in [0.15, 0.2) is 12.1 Å². The minimum Gasteiger partial charge on any atom is -0.379 e. The average molecular weight is 299 g/mol. The molecule has 0 spiro atoms. The number of nitrogens with zero attached hydrogens (tertiary/aromatic N) is 1. The third-order valence-corrected chi connectivity index (χ3v) is 3.36. The first-order valence-electron chi connectivity index (χ1n) is 6.64. The standard InChI is InChI=1S/C14H19F2N3O2/c1-14(4-5-21-8-14)18-13(20)17-9-6-10(15)12(19(2)3)11(16)7-9/h6-7H,4-5,8H2,1-3H3,(H2,17,18,20)/t14-/m1/s1. The van der Waals surface area contributed by atoms with Crippen LogP contribution in [0, 0.1) is 11.6 Å². The molecule has 1 atom stereocenters. The third kappa shape index (κ3) is 3.60. The zero-order valence-corrected chi connectivity index (χ0v) is 12.3. The highest BCUT2D eigenvalue weighted by Crippen LogP contribution is 2.25. The van der Waals surface area contributed by atoms with Gasteiger partial charge in [0.05, 0.1) is 12.1 Å². The number of nitrogens with one attached hydrogen (secondary N) is 2. The molecule has 1 saturated heterocycles. The normalized spacial score (nSPS) is 21.2. The predicted octanol–water partition coefficient (Wildman–Crippen LogP) is 2.33. The summed E-state index contributed by atoms with van der Waals surface area (Å²) in [6, 6.07) is 1.66. The Balaban J connectivity index is 2.08. The molecule has 0 bridgehead atoms. The second-order valence-corrected chi connectivity index (χ2v) is 5.63. The summed E-state index contributed by atoms with van der Waals surface area (Å²) in [5, 5.41) is 5.19. The second kappa shape index (κ2) is 5.85. The minimum absolute atomic E-state index is 0.0654. The Hall–Kier alpha value is -1.89. The number of hydrogen-bond acceptors (Lipinski definition) is 3. The summed E-state index contributed by atoms with van der Waals surface area (Å²) in [4.78, 5) is 13.2. The molecule has 1 fully saturated rings. The van der Waals surface area contributed by atoms with Gasteiger partial charge < -0.3 is 20.3 Å². The Labute approximate surface area is 122 Å². The highest BCUT2D eigenvalue weighted by molar-refractivity contribution is 5.90. The maximum Gasteiger partial charge on any atom is 0.319 e. The van der Waals surface area contributed by atoms with E-state index in [-0.39, 0.29) is 11.4 Å². The lowest BCUT2D eigenvalue weighted by Gasteiger charge is -2.23. The van der Waals surface area contributed by atoms with Gasteiger partial charge in [-0.2, -0.15) is 0 Å². The molecule has 1 heterocycles. The lowest BCUT2D eigenvalue weighted by Crippen LogP contribution is -2.48. The van der Waals surface area contributed by atoms with Gasteiger partial charge >= 0.3 is 6.03 Å². The quantitative estimate of drug-likeness (QED) is 0.900. The van der Waals surface area contributed by atoms with Gasteiger partial charge in [0.2, 0.25) is 0 Å². The van der Waals surface area contributed by atoms with Gasteiger partial charge in [0.15, 0.2) is 11.6 Å². The van der Waals surface area contributed by atoms with E-state index in [0.29, 0.717) is 19.6 Å². The monoisotopic (exact) mass is 299 g/mol. The van der Waals surface area contributed by atoms with Crippen molar-refractivity contribution in [3.8, 4) is 0 Å². The first-order valence-corrected chi connectivity index (χ1v) is 6.64. The molecule has 1 aromatic carbocycles. The summed E-state index contributed by atoms with van der Waals surface area (Å²) in [6.45, 7) is 2.86. The largest absolute Gasteiger partial charge is 0.379 e. The van der Waals surface area contributed by atoms with Crippen LogP contribution >= 0.6 is 0 Å². The average Bonchev–Trinajstić information content (AvgIpc) is 2.73. The van der Waals surface area contributed by atoms with Gasteiger partial charge in [-0.15, -0.1) is 0 Å². The summed E-state index contributed by atoms with van der Waals surface area (Å²) in [6.07, 6.45) is 0.697. The Morgan fingerprint density at radius 3 is 2.43 bits per heavy atom. The molecule has 21 heavy (non-hydrogen) atoms. The van der Waals surface area contributed by atoms with E-state index in [1.54, 1.807) is 14.1 Å². The van der Waals surface area contributed by atoms with Gasteiger partial charge in [-0.05, 0) is 25.5 Å². The Kier molecular flexibility index (Phi) is 4.32. The van der Waals surface area contributed by atoms with Crippen LogP contribution in [0.3, 0.4) is 0 Å². The number of rotatable bonds is 3. The Bertz CT molecular complexity index is 520. The maximum absolute atomic E-state index is 13.8. The number of urea groups is 1. The molecule has 0 radical (unpaired) electrons. The number of carbonyl (C=O) groups is 1. The fourth-order valence-electron chi connectivity index (χ4n) is 2.27. The first kappa shape index (κ1) is 15.5. The van der Waals surface area contributed by atoms with Gasteiger partial charge in [0, 0.05) is 26.4 Å². The molecule has 2 N–H and O–H groups in total. The lowest BCUT2D eigenvalue weighted by molar-refractivity contribution is 0.172. The number of amides is 2. The Morgan fingerprint density at radius 2 is 1.95 bits per heavy atom. The van der Waals surface area contributed by atoms with Crippen molar-refractivity contribution in [1.29, 1.82) is 0 Å². The smallest absolute Gasteiger partial charge is 0.319 e. The minimum atomic E-state index is -0.731. The van der Waals surface area contributed by atoms with E-state index in [9.17, 15) is 13.6 Å². The number of ether oxygens (including phenoxy) is 1. The van der Waals surface area contributed by atoms with E-state index < -0.39 is 23.2 Å². The fourth-order valence-corrected chi connectivity index (χ4v) is 2.27. The molecule has 2 amide bonds. The third-order valence-electron chi connectivity index (χ3n) is 3.36. The van der Waals surface area contributed by atoms with E-state index in [4.69, 9.17) is 4.74 Å². The SMILES string of the molecule is CN(C)c1c(F)cc(NC(=O)N[C@]2(C)CCOC2)cc1F. The number of anilines is 2. The molecule has 116 valence electrons. The number of carbonyl (C=O) groups excluding carboxylic acids is 1. The van der Waals surface area contributed by atoms with E-state index in [0.717, 1.165) is 12.1 Å². The molecule has 0 aromatic heterocycles. The van der Waals surface area contributed by atoms with E-state index in [2.05, 4.69) is 10.6 Å². The molecular formula is C14H19F2N3O2. The molecule has 1 aliphatic rings. The molecule has 2 rings (SSSR count). The summed E-state index contributed by atoms with van der Waals surface area (Å²) < 4.78 is 32.9. The van der Waals surface area contributed by atoms with Crippen LogP contribution in [-0.2, 0) is 4.74 Å². The van der Waals surface area contributed by atoms with Crippen molar-refractivity contribution in [3.63, 3.8) is 0 Å². The van der Waals surface area contributed by atoms with Gasteiger partial charge in [0.1, 0.15) is 5.69 Å². The van der Waals surface area contributed by atoms with E-state index in [1.165, 1.54) is 4.90 Å². The Morgan fingerprint density at radius 1 is 1.33 bits per heavy atom. The number of halogens is 2. The highest BCUT2D eigenvalue weighted by Gasteiger charge is 2.31. The zero-order valence-electron chi connectivity index (χ0n) is 12.3. The van der Waals surface area contributed by atoms with Crippen molar-refractivity contribution in [2.75, 3.05) is 37.5 Å². The van der Waals surface area contributed by atoms with Crippen LogP contribution in [0.4, 0.5) is 25.0 Å². The van der Waals surface area contributed by atoms with Gasteiger partial charge in [-0.25, -0.2) is 13.6 Å². The summed E-state index contributed by atoms with van der Waals surface area (Å²) in [7, 11) is 3.09. The molecular weight excluding hydrogens is 280 g/mol. The molecule has 1 aliphatic heterocycles. The van der Waals surface area contributed by atoms with Crippen molar-refractivity contribution in [1.82, 2.24) is 5.32 Å². The molecule has 0 saturated carbocycles. The van der Waals surface area contributed by atoms with Gasteiger partial charge in [-0.3, -0.25) is 0 Å². The van der Waals surface area contributed by atoms with Crippen LogP contribution in [0.25, 0.3) is 0 Å². The molecule has 5 nitrogen and oxygen atoms in total. The molecule has 1 aromatic rings. The molecule has 0 aliphatic carbocycles. The summed E-state index contributed by atoms with van der Waals surface area (Å²) >= 11 is 0. The first-order chi connectivity index (χ1) is 9.81. The van der Waals surface area contributed by atoms with Crippen LogP contribution in [0.1, 0.15) is 13.3 Å². The van der Waals surface area contributed by atoms with Crippen LogP contribution in [0.2, 0.25) is 0 Å². The highest BCUT2D eigenvalue weighted by atomic mass is 19.1. The van der Waals surface area contributed by atoms with Crippen LogP contribution in [0.5, 0.6) is 0 Å². The van der Waals surface area contributed by atoms with Crippen LogP contribution in [-0.4, -0.2) is 38.9 Å². The van der Waals surface area contributed by atoms with Crippen LogP contribution < -0.4 is 15.5 Å². The maximum atomic E-state index is 13.8. The van der Waals surface area contributed by atoms with Gasteiger partial charge in [0.25, 0.3) is 0 Å². The number of hydrogen-bond donors (Lipinski definition) is 2. The summed E-state index contributed by atoms with van der Waals surface area (Å²) in [5.41, 5.74) is -0.530. The topological polar surface area (TPSA) is 53.6 Å². The fraction of sp³-hybridized carbons (Fsp3) is 0.500. The summed E-state index contributed by atoms with van der Waals surface area (Å²) in [5.74, 6) is -1.46. The van der Waals surface area contributed by atoms with Crippen molar-refractivity contribution < 1.29 is 18.3 Å². The van der Waals surface area contributed by atoms with Gasteiger partial charge in [-0.1, -0.05) is 0 Å². The van der Waals surface area contributed by atoms with Crippen molar-refractivity contribution in [3.05, 3.63) is 23.8 Å². The van der Waals surface area contributed by atoms with E-state index >= 15 is 0 Å². The lowest BCUT2D eigenvalue weighted by atomic mass is 10.0. The molecule has 7 heteroatoms. The number of benzene rings is 1. The van der Waals surface area contributed by atoms with Crippen molar-refractivity contribution in [2.24, 2.45) is 0 Å². The zero-order chi connectivity index (χ0) is 15.6. The molecule has 0 unspecified atom stereocenters. The van der Waals surface area contributed by atoms with Crippen molar-refractivity contribution in [2.45, 2.75) is 18.9 Å². The van der Waals surface area contributed by atoms with Crippen molar-refractivity contribution >= 4 is 17.4 Å². The van der Waals surface area contributed by atoms with E-state index in [1.807, 2.05) is 6.92 Å². The second-order valence-electron chi connectivity index (χ2n) is 5.63. The predicted molar refractivity (Wildman–Crippen MR) is 76.7 cm³/mol.